The number of rotatable bonds is 8. The average Bonchev–Trinajstić information content (AvgIpc) is 3.58. The zero-order valence-electron chi connectivity index (χ0n) is 23.5. The van der Waals surface area contributed by atoms with Crippen molar-refractivity contribution >= 4 is 17.3 Å². The number of carbonyl (C=O) groups is 1. The number of benzene rings is 2. The monoisotopic (exact) mass is 574 g/mol. The minimum Gasteiger partial charge on any atom is -0.374 e. The van der Waals surface area contributed by atoms with Crippen LogP contribution in [0.15, 0.2) is 73.3 Å². The van der Waals surface area contributed by atoms with Gasteiger partial charge in [0.05, 0.1) is 23.6 Å². The molecule has 0 saturated heterocycles. The molecule has 1 amide bonds. The van der Waals surface area contributed by atoms with Gasteiger partial charge in [-0.15, -0.1) is 5.10 Å². The van der Waals surface area contributed by atoms with Gasteiger partial charge in [-0.25, -0.2) is 4.68 Å². The lowest BCUT2D eigenvalue weighted by Crippen LogP contribution is -2.22. The van der Waals surface area contributed by atoms with E-state index in [0.29, 0.717) is 30.0 Å². The molecule has 0 spiro atoms. The maximum Gasteiger partial charge on any atom is 0.416 e. The number of pyridine rings is 1. The molecule has 0 unspecified atom stereocenters. The molecule has 0 atom stereocenters. The Labute approximate surface area is 240 Å². The van der Waals surface area contributed by atoms with Gasteiger partial charge in [0.2, 0.25) is 0 Å². The number of aryl methyl sites for hydroxylation is 2. The molecule has 12 heteroatoms. The first-order valence-electron chi connectivity index (χ1n) is 13.2. The van der Waals surface area contributed by atoms with E-state index >= 15 is 0 Å². The van der Waals surface area contributed by atoms with Gasteiger partial charge < -0.3 is 10.2 Å². The Balaban J connectivity index is 1.39. The predicted molar refractivity (Wildman–Crippen MR) is 154 cm³/mol. The summed E-state index contributed by atoms with van der Waals surface area (Å²) >= 11 is 0. The maximum absolute atomic E-state index is 13.8. The van der Waals surface area contributed by atoms with Crippen LogP contribution in [-0.4, -0.2) is 49.3 Å². The van der Waals surface area contributed by atoms with Gasteiger partial charge in [-0.1, -0.05) is 11.3 Å². The number of alkyl halides is 3. The highest BCUT2D eigenvalue weighted by atomic mass is 19.4. The van der Waals surface area contributed by atoms with Crippen molar-refractivity contribution in [3.05, 3.63) is 101 Å². The molecule has 5 aromatic rings. The smallest absolute Gasteiger partial charge is 0.374 e. The average molecular weight is 575 g/mol. The summed E-state index contributed by atoms with van der Waals surface area (Å²) in [5.41, 5.74) is 4.63. The molecule has 42 heavy (non-hydrogen) atoms. The van der Waals surface area contributed by atoms with Crippen LogP contribution in [0.1, 0.15) is 32.7 Å². The highest BCUT2D eigenvalue weighted by molar-refractivity contribution is 6.05. The molecule has 0 fully saturated rings. The maximum atomic E-state index is 13.8. The van der Waals surface area contributed by atoms with E-state index in [2.05, 4.69) is 25.7 Å². The number of halogens is 3. The zero-order chi connectivity index (χ0) is 30.0. The Kier molecular flexibility index (Phi) is 7.79. The van der Waals surface area contributed by atoms with E-state index in [4.69, 9.17) is 0 Å². The molecule has 216 valence electrons. The second kappa shape index (κ2) is 11.5. The number of carbonyl (C=O) groups excluding carboxylic acids is 1. The van der Waals surface area contributed by atoms with Crippen LogP contribution in [-0.2, 0) is 19.6 Å². The highest BCUT2D eigenvalue weighted by Crippen LogP contribution is 2.34. The molecule has 2 aromatic carbocycles. The normalized spacial score (nSPS) is 11.5. The number of hydrogen-bond acceptors (Lipinski definition) is 6. The molecule has 0 aliphatic heterocycles. The van der Waals surface area contributed by atoms with Crippen molar-refractivity contribution in [1.82, 2.24) is 29.8 Å². The fourth-order valence-electron chi connectivity index (χ4n) is 4.50. The summed E-state index contributed by atoms with van der Waals surface area (Å²) in [4.78, 5) is 19.0. The van der Waals surface area contributed by atoms with Crippen LogP contribution in [0.4, 0.5) is 24.5 Å². The molecule has 5 rings (SSSR count). The summed E-state index contributed by atoms with van der Waals surface area (Å²) in [6.07, 6.45) is 2.83. The van der Waals surface area contributed by atoms with Crippen LogP contribution in [0.2, 0.25) is 0 Å². The fraction of sp³-hybridized carbons (Fsp3) is 0.233. The van der Waals surface area contributed by atoms with E-state index in [-0.39, 0.29) is 11.3 Å². The quantitative estimate of drug-likeness (QED) is 0.258. The number of likely N-dealkylation sites (N-methyl/N-ethyl adjacent to an activating group) is 1. The van der Waals surface area contributed by atoms with Crippen molar-refractivity contribution in [3.8, 4) is 16.9 Å². The van der Waals surface area contributed by atoms with Gasteiger partial charge >= 0.3 is 6.18 Å². The fourth-order valence-corrected chi connectivity index (χ4v) is 4.50. The summed E-state index contributed by atoms with van der Waals surface area (Å²) in [6, 6.07) is 12.3. The predicted octanol–water partition coefficient (Wildman–Crippen LogP) is 5.63. The van der Waals surface area contributed by atoms with Crippen LogP contribution in [0, 0.1) is 13.8 Å². The van der Waals surface area contributed by atoms with Crippen LogP contribution in [0.5, 0.6) is 0 Å². The van der Waals surface area contributed by atoms with Crippen LogP contribution in [0.25, 0.3) is 16.9 Å². The molecular formula is C30H29F3N8O. The first kappa shape index (κ1) is 28.5. The van der Waals surface area contributed by atoms with Gasteiger partial charge in [0.15, 0.2) is 0 Å². The molecule has 1 N–H and O–H groups in total. The summed E-state index contributed by atoms with van der Waals surface area (Å²) in [7, 11) is 3.55. The number of aromatic nitrogens is 6. The van der Waals surface area contributed by atoms with Crippen molar-refractivity contribution in [2.45, 2.75) is 26.4 Å². The van der Waals surface area contributed by atoms with E-state index in [0.717, 1.165) is 34.5 Å². The summed E-state index contributed by atoms with van der Waals surface area (Å²) in [6.45, 7) is 4.27. The number of nitrogens with zero attached hydrogens (tertiary/aromatic N) is 7. The first-order chi connectivity index (χ1) is 20.0. The molecule has 0 bridgehead atoms. The van der Waals surface area contributed by atoms with Crippen molar-refractivity contribution in [1.29, 1.82) is 0 Å². The van der Waals surface area contributed by atoms with E-state index < -0.39 is 17.6 Å². The largest absolute Gasteiger partial charge is 0.416 e. The van der Waals surface area contributed by atoms with Gasteiger partial charge in [-0.05, 0) is 73.9 Å². The zero-order valence-corrected chi connectivity index (χ0v) is 23.5. The Bertz CT molecular complexity index is 1730. The van der Waals surface area contributed by atoms with Crippen LogP contribution >= 0.6 is 0 Å². The molecule has 3 heterocycles. The Morgan fingerprint density at radius 2 is 1.81 bits per heavy atom. The van der Waals surface area contributed by atoms with Crippen LogP contribution < -0.4 is 10.2 Å². The summed E-state index contributed by atoms with van der Waals surface area (Å²) in [5, 5.41) is 15.4. The highest BCUT2D eigenvalue weighted by Gasteiger charge is 2.32. The lowest BCUT2D eigenvalue weighted by atomic mass is 10.1. The van der Waals surface area contributed by atoms with E-state index in [1.807, 2.05) is 33.0 Å². The number of hydrogen-bond donors (Lipinski definition) is 1. The van der Waals surface area contributed by atoms with Gasteiger partial charge in [0.25, 0.3) is 5.91 Å². The third kappa shape index (κ3) is 6.17. The van der Waals surface area contributed by atoms with Crippen molar-refractivity contribution in [2.24, 2.45) is 7.05 Å². The van der Waals surface area contributed by atoms with Crippen molar-refractivity contribution < 1.29 is 18.0 Å². The molecular weight excluding hydrogens is 545 g/mol. The topological polar surface area (TPSA) is 93.8 Å². The van der Waals surface area contributed by atoms with E-state index in [1.165, 1.54) is 6.07 Å². The Hall–Kier alpha value is -5.00. The van der Waals surface area contributed by atoms with Crippen LogP contribution in [0.3, 0.4) is 0 Å². The number of amides is 1. The van der Waals surface area contributed by atoms with E-state index in [1.54, 1.807) is 64.3 Å². The van der Waals surface area contributed by atoms with Gasteiger partial charge in [-0.3, -0.25) is 14.5 Å². The SMILES string of the molecule is Cc1ccc(C(=O)Nc2cc(N(C)CCc3ccncc3)cc(C(F)(F)F)c2)cc1-n1cc(-c2cnn(C)c2C)nn1. The molecule has 0 aliphatic carbocycles. The van der Waals surface area contributed by atoms with Gasteiger partial charge in [0.1, 0.15) is 5.69 Å². The lowest BCUT2D eigenvalue weighted by Gasteiger charge is -2.22. The Morgan fingerprint density at radius 3 is 2.50 bits per heavy atom. The molecule has 0 saturated carbocycles. The van der Waals surface area contributed by atoms with Crippen molar-refractivity contribution in [3.63, 3.8) is 0 Å². The third-order valence-electron chi connectivity index (χ3n) is 7.15. The van der Waals surface area contributed by atoms with Gasteiger partial charge in [0, 0.05) is 61.2 Å². The third-order valence-corrected chi connectivity index (χ3v) is 7.15. The molecule has 3 aromatic heterocycles. The minimum atomic E-state index is -4.59. The summed E-state index contributed by atoms with van der Waals surface area (Å²) in [5.74, 6) is -0.551. The van der Waals surface area contributed by atoms with Crippen molar-refractivity contribution in [2.75, 3.05) is 23.8 Å². The molecule has 0 aliphatic rings. The molecule has 0 radical (unpaired) electrons. The first-order valence-corrected chi connectivity index (χ1v) is 13.2. The molecule has 9 nitrogen and oxygen atoms in total. The number of nitrogens with one attached hydrogen (secondary N) is 1. The van der Waals surface area contributed by atoms with Gasteiger partial charge in [-0.2, -0.15) is 18.3 Å². The lowest BCUT2D eigenvalue weighted by molar-refractivity contribution is -0.137. The van der Waals surface area contributed by atoms with E-state index in [9.17, 15) is 18.0 Å². The second-order valence-corrected chi connectivity index (χ2v) is 10.1. The standard InChI is InChI=1S/C30H29F3N8O/c1-19-5-6-22(13-28(19)41-18-27(37-38-41)26-17-35-40(4)20(26)2)29(42)36-24-14-23(30(31,32)33)15-25(16-24)39(3)12-9-21-7-10-34-11-8-21/h5-8,10-11,13-18H,9,12H2,1-4H3,(H,36,42). The minimum absolute atomic E-state index is 0.0396. The second-order valence-electron chi connectivity index (χ2n) is 10.1. The number of anilines is 2. The summed E-state index contributed by atoms with van der Waals surface area (Å²) < 4.78 is 44.7. The Morgan fingerprint density at radius 1 is 1.05 bits per heavy atom.